The van der Waals surface area contributed by atoms with Gasteiger partial charge in [-0.2, -0.15) is 0 Å². The summed E-state index contributed by atoms with van der Waals surface area (Å²) in [6.45, 7) is 2.17. The van der Waals surface area contributed by atoms with Gasteiger partial charge in [0.1, 0.15) is 5.82 Å². The summed E-state index contributed by atoms with van der Waals surface area (Å²) in [7, 11) is 0. The minimum Gasteiger partial charge on any atom is -0.361 e. The molecule has 6 nitrogen and oxygen atoms in total. The lowest BCUT2D eigenvalue weighted by Crippen LogP contribution is -2.47. The van der Waals surface area contributed by atoms with Gasteiger partial charge in [-0.25, -0.2) is 9.18 Å². The monoisotopic (exact) mass is 422 g/mol. The highest BCUT2D eigenvalue weighted by Gasteiger charge is 2.27. The van der Waals surface area contributed by atoms with Crippen molar-refractivity contribution in [3.8, 4) is 0 Å². The molecule has 3 amide bonds. The van der Waals surface area contributed by atoms with E-state index >= 15 is 0 Å². The van der Waals surface area contributed by atoms with Gasteiger partial charge in [0, 0.05) is 49.2 Å². The number of carbonyl (C=O) groups excluding carboxylic acids is 2. The number of aromatic amines is 1. The van der Waals surface area contributed by atoms with Crippen molar-refractivity contribution in [1.82, 2.24) is 20.5 Å². The van der Waals surface area contributed by atoms with Gasteiger partial charge in [-0.3, -0.25) is 4.79 Å². The second kappa shape index (κ2) is 9.64. The Morgan fingerprint density at radius 2 is 1.84 bits per heavy atom. The zero-order valence-corrected chi connectivity index (χ0v) is 17.4. The lowest BCUT2D eigenvalue weighted by molar-refractivity contribution is -0.126. The molecule has 0 saturated carbocycles. The molecule has 0 atom stereocenters. The molecule has 1 aliphatic heterocycles. The highest BCUT2D eigenvalue weighted by Crippen LogP contribution is 2.20. The molecule has 0 aliphatic carbocycles. The third kappa shape index (κ3) is 5.23. The first-order valence-electron chi connectivity index (χ1n) is 10.7. The van der Waals surface area contributed by atoms with Crippen LogP contribution < -0.4 is 10.6 Å². The summed E-state index contributed by atoms with van der Waals surface area (Å²) in [5.74, 6) is -0.273. The van der Waals surface area contributed by atoms with Crippen molar-refractivity contribution < 1.29 is 14.0 Å². The fourth-order valence-electron chi connectivity index (χ4n) is 4.06. The first-order valence-corrected chi connectivity index (χ1v) is 10.7. The van der Waals surface area contributed by atoms with Gasteiger partial charge in [0.2, 0.25) is 5.91 Å². The smallest absolute Gasteiger partial charge is 0.317 e. The highest BCUT2D eigenvalue weighted by molar-refractivity contribution is 5.83. The van der Waals surface area contributed by atoms with Gasteiger partial charge in [0.25, 0.3) is 0 Å². The highest BCUT2D eigenvalue weighted by atomic mass is 19.1. The van der Waals surface area contributed by atoms with Gasteiger partial charge in [0.15, 0.2) is 0 Å². The molecule has 1 aliphatic rings. The molecule has 1 fully saturated rings. The number of aromatic nitrogens is 1. The van der Waals surface area contributed by atoms with E-state index in [0.29, 0.717) is 45.4 Å². The summed E-state index contributed by atoms with van der Waals surface area (Å²) in [6.07, 6.45) is 3.86. The third-order valence-corrected chi connectivity index (χ3v) is 5.86. The minimum atomic E-state index is -0.272. The number of urea groups is 1. The predicted molar refractivity (Wildman–Crippen MR) is 118 cm³/mol. The average Bonchev–Trinajstić information content (AvgIpc) is 3.20. The summed E-state index contributed by atoms with van der Waals surface area (Å²) in [5.41, 5.74) is 2.88. The van der Waals surface area contributed by atoms with Gasteiger partial charge in [0.05, 0.1) is 0 Å². The molecule has 4 rings (SSSR count). The van der Waals surface area contributed by atoms with Crippen LogP contribution >= 0.6 is 0 Å². The molecular weight excluding hydrogens is 395 g/mol. The molecule has 2 heterocycles. The van der Waals surface area contributed by atoms with Crippen molar-refractivity contribution in [2.45, 2.75) is 25.8 Å². The third-order valence-electron chi connectivity index (χ3n) is 5.86. The Kier molecular flexibility index (Phi) is 6.50. The summed E-state index contributed by atoms with van der Waals surface area (Å²) in [4.78, 5) is 29.7. The van der Waals surface area contributed by atoms with E-state index in [1.54, 1.807) is 11.0 Å². The number of likely N-dealkylation sites (tertiary alicyclic amines) is 1. The number of H-pyrrole nitrogens is 1. The fraction of sp³-hybridized carbons (Fsp3) is 0.333. The van der Waals surface area contributed by atoms with Gasteiger partial charge >= 0.3 is 6.03 Å². The number of rotatable bonds is 6. The van der Waals surface area contributed by atoms with Crippen LogP contribution in [0.4, 0.5) is 9.18 Å². The van der Waals surface area contributed by atoms with Crippen molar-refractivity contribution in [3.63, 3.8) is 0 Å². The average molecular weight is 423 g/mol. The molecule has 31 heavy (non-hydrogen) atoms. The van der Waals surface area contributed by atoms with Crippen LogP contribution in [0.25, 0.3) is 10.9 Å². The van der Waals surface area contributed by atoms with Gasteiger partial charge in [-0.1, -0.05) is 30.3 Å². The summed E-state index contributed by atoms with van der Waals surface area (Å²) < 4.78 is 13.3. The van der Waals surface area contributed by atoms with Crippen LogP contribution in [0.3, 0.4) is 0 Å². The molecular formula is C24H27FN4O2. The van der Waals surface area contributed by atoms with Crippen LogP contribution in [0.5, 0.6) is 0 Å². The Bertz CT molecular complexity index is 1040. The molecule has 0 unspecified atom stereocenters. The van der Waals surface area contributed by atoms with Crippen molar-refractivity contribution in [3.05, 3.63) is 71.7 Å². The first kappa shape index (κ1) is 20.9. The molecule has 3 aromatic rings. The van der Waals surface area contributed by atoms with E-state index < -0.39 is 0 Å². The number of fused-ring (bicyclic) bond motifs is 1. The lowest BCUT2D eigenvalue weighted by Gasteiger charge is -2.31. The van der Waals surface area contributed by atoms with E-state index in [1.807, 2.05) is 36.5 Å². The Morgan fingerprint density at radius 1 is 1.06 bits per heavy atom. The number of piperidine rings is 1. The van der Waals surface area contributed by atoms with Crippen molar-refractivity contribution in [2.24, 2.45) is 5.92 Å². The SMILES string of the molecule is O=C(NCc1ccccc1)C1CCN(C(=O)NCCc2c[nH]c3cc(F)ccc23)CC1. The Morgan fingerprint density at radius 3 is 2.61 bits per heavy atom. The standard InChI is InChI=1S/C24H27FN4O2/c25-20-6-7-21-19(16-27-22(21)14-20)8-11-26-24(31)29-12-9-18(10-13-29)23(30)28-15-17-4-2-1-3-5-17/h1-7,14,16,18,27H,8-13,15H2,(H,26,31)(H,28,30). The molecule has 2 aromatic carbocycles. The number of nitrogens with zero attached hydrogens (tertiary/aromatic N) is 1. The molecule has 0 spiro atoms. The van der Waals surface area contributed by atoms with Crippen LogP contribution in [-0.4, -0.2) is 41.5 Å². The molecule has 7 heteroatoms. The zero-order valence-electron chi connectivity index (χ0n) is 17.4. The normalized spacial score (nSPS) is 14.5. The van der Waals surface area contributed by atoms with Gasteiger partial charge < -0.3 is 20.5 Å². The predicted octanol–water partition coefficient (Wildman–Crippen LogP) is 3.59. The van der Waals surface area contributed by atoms with Crippen molar-refractivity contribution in [1.29, 1.82) is 0 Å². The Hall–Kier alpha value is -3.35. The maximum Gasteiger partial charge on any atom is 0.317 e. The maximum absolute atomic E-state index is 13.3. The van der Waals surface area contributed by atoms with E-state index in [9.17, 15) is 14.0 Å². The van der Waals surface area contributed by atoms with Crippen LogP contribution in [0.15, 0.2) is 54.7 Å². The number of benzene rings is 2. The molecule has 3 N–H and O–H groups in total. The summed E-state index contributed by atoms with van der Waals surface area (Å²) >= 11 is 0. The van der Waals surface area contributed by atoms with E-state index in [2.05, 4.69) is 15.6 Å². The zero-order chi connectivity index (χ0) is 21.6. The Labute approximate surface area is 180 Å². The van der Waals surface area contributed by atoms with Crippen molar-refractivity contribution in [2.75, 3.05) is 19.6 Å². The lowest BCUT2D eigenvalue weighted by atomic mass is 9.96. The summed E-state index contributed by atoms with van der Waals surface area (Å²) in [5, 5.41) is 6.92. The summed E-state index contributed by atoms with van der Waals surface area (Å²) in [6, 6.07) is 14.4. The maximum atomic E-state index is 13.3. The molecule has 1 saturated heterocycles. The Balaban J connectivity index is 1.19. The molecule has 162 valence electrons. The second-order valence-corrected chi connectivity index (χ2v) is 7.95. The second-order valence-electron chi connectivity index (χ2n) is 7.95. The van der Waals surface area contributed by atoms with Crippen LogP contribution in [-0.2, 0) is 17.8 Å². The minimum absolute atomic E-state index is 0.0553. The van der Waals surface area contributed by atoms with Crippen molar-refractivity contribution >= 4 is 22.8 Å². The fourth-order valence-corrected chi connectivity index (χ4v) is 4.06. The number of nitrogens with one attached hydrogen (secondary N) is 3. The van der Waals surface area contributed by atoms with E-state index in [0.717, 1.165) is 22.0 Å². The van der Waals surface area contributed by atoms with Crippen LogP contribution in [0.2, 0.25) is 0 Å². The molecule has 0 bridgehead atoms. The number of carbonyl (C=O) groups is 2. The quantitative estimate of drug-likeness (QED) is 0.568. The molecule has 1 aromatic heterocycles. The molecule has 0 radical (unpaired) electrons. The number of hydrogen-bond acceptors (Lipinski definition) is 2. The number of amides is 3. The van der Waals surface area contributed by atoms with E-state index in [-0.39, 0.29) is 23.7 Å². The van der Waals surface area contributed by atoms with Crippen LogP contribution in [0.1, 0.15) is 24.0 Å². The number of hydrogen-bond donors (Lipinski definition) is 3. The topological polar surface area (TPSA) is 77.2 Å². The van der Waals surface area contributed by atoms with E-state index in [4.69, 9.17) is 0 Å². The first-order chi connectivity index (χ1) is 15.1. The number of halogens is 1. The van der Waals surface area contributed by atoms with Gasteiger partial charge in [-0.05, 0) is 48.6 Å². The largest absolute Gasteiger partial charge is 0.361 e. The van der Waals surface area contributed by atoms with Gasteiger partial charge in [-0.15, -0.1) is 0 Å². The van der Waals surface area contributed by atoms with Crippen LogP contribution in [0, 0.1) is 11.7 Å². The van der Waals surface area contributed by atoms with E-state index in [1.165, 1.54) is 12.1 Å².